The number of nitrogens with zero attached hydrogens (tertiary/aromatic N) is 2. The van der Waals surface area contributed by atoms with E-state index in [4.69, 9.17) is 4.74 Å². The van der Waals surface area contributed by atoms with Crippen LogP contribution in [0.2, 0.25) is 0 Å². The molecule has 1 heterocycles. The molecule has 0 aromatic heterocycles. The van der Waals surface area contributed by atoms with E-state index >= 15 is 0 Å². The van der Waals surface area contributed by atoms with E-state index in [2.05, 4.69) is 22.3 Å². The molecule has 3 rings (SSSR count). The van der Waals surface area contributed by atoms with Crippen LogP contribution < -0.4 is 26.0 Å². The molecule has 7 nitrogen and oxygen atoms in total. The average molecular weight is 399 g/mol. The van der Waals surface area contributed by atoms with Crippen molar-refractivity contribution in [3.8, 4) is 0 Å². The minimum Gasteiger partial charge on any atom is -0.466 e. The first-order valence-electron chi connectivity index (χ1n) is 10.3. The Morgan fingerprint density at radius 1 is 1.24 bits per heavy atom. The van der Waals surface area contributed by atoms with Gasteiger partial charge in [0, 0.05) is 38.9 Å². The Kier molecular flexibility index (Phi) is 6.90. The number of hydrogen-bond acceptors (Lipinski definition) is 7. The number of carbonyl (C=O) groups is 1. The first kappa shape index (κ1) is 20.9. The van der Waals surface area contributed by atoms with E-state index in [1.54, 1.807) is 6.92 Å². The highest BCUT2D eigenvalue weighted by Gasteiger charge is 2.32. The molecular formula is C22H29N3O4. The predicted molar refractivity (Wildman–Crippen MR) is 116 cm³/mol. The van der Waals surface area contributed by atoms with E-state index in [0.29, 0.717) is 37.6 Å². The topological polar surface area (TPSA) is 79.0 Å². The number of anilines is 3. The quantitative estimate of drug-likeness (QED) is 0.392. The second-order valence-corrected chi connectivity index (χ2v) is 7.46. The Morgan fingerprint density at radius 3 is 2.72 bits per heavy atom. The molecule has 1 N–H and O–H groups in total. The first-order chi connectivity index (χ1) is 14.0. The van der Waals surface area contributed by atoms with Gasteiger partial charge in [-0.3, -0.25) is 14.4 Å². The summed E-state index contributed by atoms with van der Waals surface area (Å²) in [5.41, 5.74) is 1.04. The van der Waals surface area contributed by atoms with Crippen molar-refractivity contribution in [3.05, 3.63) is 50.8 Å². The van der Waals surface area contributed by atoms with E-state index in [9.17, 15) is 14.4 Å². The van der Waals surface area contributed by atoms with Crippen LogP contribution in [0.25, 0.3) is 0 Å². The molecule has 0 unspecified atom stereocenters. The van der Waals surface area contributed by atoms with Gasteiger partial charge in [-0.1, -0.05) is 18.2 Å². The van der Waals surface area contributed by atoms with Gasteiger partial charge in [0.25, 0.3) is 10.9 Å². The lowest BCUT2D eigenvalue weighted by atomic mass is 9.96. The SMILES string of the molecule is CCOC(=O)[C@H]1CCCN(c2c(NCCCN(C)c3ccccc3)c(=O)c2=O)C1. The van der Waals surface area contributed by atoms with Crippen molar-refractivity contribution in [2.45, 2.75) is 26.2 Å². The smallest absolute Gasteiger partial charge is 0.310 e. The van der Waals surface area contributed by atoms with Crippen molar-refractivity contribution in [2.24, 2.45) is 5.92 Å². The highest BCUT2D eigenvalue weighted by molar-refractivity contribution is 5.78. The third-order valence-corrected chi connectivity index (χ3v) is 5.41. The molecule has 29 heavy (non-hydrogen) atoms. The zero-order valence-corrected chi connectivity index (χ0v) is 17.1. The highest BCUT2D eigenvalue weighted by Crippen LogP contribution is 2.27. The van der Waals surface area contributed by atoms with Crippen molar-refractivity contribution >= 4 is 23.0 Å². The lowest BCUT2D eigenvalue weighted by molar-refractivity contribution is -0.148. The Morgan fingerprint density at radius 2 is 2.00 bits per heavy atom. The summed E-state index contributed by atoms with van der Waals surface area (Å²) in [6, 6.07) is 10.1. The molecule has 0 aliphatic carbocycles. The molecule has 1 fully saturated rings. The maximum absolute atomic E-state index is 12.2. The summed E-state index contributed by atoms with van der Waals surface area (Å²) in [5.74, 6) is -0.477. The van der Waals surface area contributed by atoms with E-state index in [-0.39, 0.29) is 11.9 Å². The fourth-order valence-corrected chi connectivity index (χ4v) is 3.82. The Hall–Kier alpha value is -2.83. The fourth-order valence-electron chi connectivity index (χ4n) is 3.82. The Labute approximate surface area is 171 Å². The number of hydrogen-bond donors (Lipinski definition) is 1. The Bertz CT molecular complexity index is 889. The number of piperidine rings is 1. The van der Waals surface area contributed by atoms with E-state index in [1.165, 1.54) is 0 Å². The standard InChI is InChI=1S/C22H29N3O4/c1-3-29-22(28)16-9-7-14-25(15-16)19-18(20(26)21(19)27)23-12-8-13-24(2)17-10-5-4-6-11-17/h4-6,10-11,16,23H,3,7-9,12-15H2,1-2H3/t16-/m0/s1. The highest BCUT2D eigenvalue weighted by atomic mass is 16.5. The van der Waals surface area contributed by atoms with Crippen LogP contribution in [0.5, 0.6) is 0 Å². The maximum Gasteiger partial charge on any atom is 0.310 e. The van der Waals surface area contributed by atoms with Crippen molar-refractivity contribution < 1.29 is 9.53 Å². The summed E-state index contributed by atoms with van der Waals surface area (Å²) < 4.78 is 5.12. The molecule has 156 valence electrons. The van der Waals surface area contributed by atoms with Crippen molar-refractivity contribution in [3.63, 3.8) is 0 Å². The van der Waals surface area contributed by atoms with Crippen molar-refractivity contribution in [2.75, 3.05) is 55.0 Å². The van der Waals surface area contributed by atoms with Crippen LogP contribution in [0.4, 0.5) is 17.1 Å². The van der Waals surface area contributed by atoms with Gasteiger partial charge in [0.15, 0.2) is 0 Å². The number of ether oxygens (including phenoxy) is 1. The number of carbonyl (C=O) groups excluding carboxylic acids is 1. The van der Waals surface area contributed by atoms with Gasteiger partial charge < -0.3 is 19.9 Å². The summed E-state index contributed by atoms with van der Waals surface area (Å²) in [7, 11) is 2.03. The third kappa shape index (κ3) is 4.78. The lowest BCUT2D eigenvalue weighted by Gasteiger charge is -2.34. The molecule has 0 saturated carbocycles. The molecule has 0 radical (unpaired) electrons. The molecule has 0 amide bonds. The zero-order chi connectivity index (χ0) is 20.8. The molecule has 1 aliphatic rings. The summed E-state index contributed by atoms with van der Waals surface area (Å²) in [6.45, 7) is 4.66. The van der Waals surface area contributed by atoms with E-state index < -0.39 is 10.9 Å². The number of benzene rings is 1. The van der Waals surface area contributed by atoms with Gasteiger partial charge in [0.2, 0.25) is 0 Å². The van der Waals surface area contributed by atoms with E-state index in [0.717, 1.165) is 31.5 Å². The monoisotopic (exact) mass is 399 g/mol. The van der Waals surface area contributed by atoms with Gasteiger partial charge in [0.05, 0.1) is 12.5 Å². The minimum atomic E-state index is -0.463. The van der Waals surface area contributed by atoms with Gasteiger partial charge in [-0.05, 0) is 38.3 Å². The number of para-hydroxylation sites is 1. The zero-order valence-electron chi connectivity index (χ0n) is 17.1. The molecule has 2 aromatic rings. The average Bonchev–Trinajstić information content (AvgIpc) is 2.76. The van der Waals surface area contributed by atoms with Gasteiger partial charge in [0.1, 0.15) is 11.4 Å². The van der Waals surface area contributed by atoms with Crippen LogP contribution >= 0.6 is 0 Å². The van der Waals surface area contributed by atoms with Crippen molar-refractivity contribution in [1.29, 1.82) is 0 Å². The fraction of sp³-hybridized carbons (Fsp3) is 0.500. The predicted octanol–water partition coefficient (Wildman–Crippen LogP) is 2.00. The molecule has 1 atom stereocenters. The van der Waals surface area contributed by atoms with Crippen LogP contribution in [-0.2, 0) is 9.53 Å². The van der Waals surface area contributed by atoms with Gasteiger partial charge in [-0.25, -0.2) is 0 Å². The lowest BCUT2D eigenvalue weighted by Crippen LogP contribution is -2.47. The van der Waals surface area contributed by atoms with Crippen molar-refractivity contribution in [1.82, 2.24) is 0 Å². The number of esters is 1. The number of rotatable bonds is 9. The molecule has 2 aromatic carbocycles. The molecule has 7 heteroatoms. The van der Waals surface area contributed by atoms with Crippen LogP contribution in [0.1, 0.15) is 26.2 Å². The van der Waals surface area contributed by atoms with E-state index in [1.807, 2.05) is 30.1 Å². The van der Waals surface area contributed by atoms with Crippen LogP contribution in [0.15, 0.2) is 39.9 Å². The Balaban J connectivity index is 1.55. The third-order valence-electron chi connectivity index (χ3n) is 5.41. The maximum atomic E-state index is 12.2. The van der Waals surface area contributed by atoms with Gasteiger partial charge in [-0.2, -0.15) is 0 Å². The molecule has 0 bridgehead atoms. The summed E-state index contributed by atoms with van der Waals surface area (Å²) >= 11 is 0. The largest absolute Gasteiger partial charge is 0.466 e. The summed E-state index contributed by atoms with van der Waals surface area (Å²) in [4.78, 5) is 40.3. The first-order valence-corrected chi connectivity index (χ1v) is 10.3. The summed E-state index contributed by atoms with van der Waals surface area (Å²) in [6.07, 6.45) is 2.37. The molecule has 1 saturated heterocycles. The second kappa shape index (κ2) is 9.58. The molecule has 0 spiro atoms. The van der Waals surface area contributed by atoms with Crippen LogP contribution in [-0.4, -0.2) is 45.8 Å². The van der Waals surface area contributed by atoms with Crippen LogP contribution in [0.3, 0.4) is 0 Å². The minimum absolute atomic E-state index is 0.227. The number of nitrogens with one attached hydrogen (secondary N) is 1. The van der Waals surface area contributed by atoms with Gasteiger partial charge in [-0.15, -0.1) is 0 Å². The molecular weight excluding hydrogens is 370 g/mol. The van der Waals surface area contributed by atoms with Crippen LogP contribution in [0, 0.1) is 5.92 Å². The molecule has 1 aliphatic heterocycles. The summed E-state index contributed by atoms with van der Waals surface area (Å²) in [5, 5.41) is 3.15. The van der Waals surface area contributed by atoms with Gasteiger partial charge >= 0.3 is 5.97 Å². The normalized spacial score (nSPS) is 16.6. The second-order valence-electron chi connectivity index (χ2n) is 7.46.